The first kappa shape index (κ1) is 14.5. The van der Waals surface area contributed by atoms with Crippen LogP contribution in [-0.2, 0) is 11.3 Å². The highest BCUT2D eigenvalue weighted by atomic mass is 79.9. The van der Waals surface area contributed by atoms with Gasteiger partial charge in [-0.05, 0) is 28.8 Å². The lowest BCUT2D eigenvalue weighted by atomic mass is 10.2. The lowest BCUT2D eigenvalue weighted by Crippen LogP contribution is -2.37. The fraction of sp³-hybridized carbons (Fsp3) is 0.667. The van der Waals surface area contributed by atoms with Crippen molar-refractivity contribution in [1.29, 1.82) is 0 Å². The first-order valence-corrected chi connectivity index (χ1v) is 7.19. The normalized spacial score (nSPS) is 19.1. The predicted octanol–water partition coefficient (Wildman–Crippen LogP) is 0.580. The van der Waals surface area contributed by atoms with Gasteiger partial charge in [-0.2, -0.15) is 5.10 Å². The minimum atomic E-state index is -0.128. The van der Waals surface area contributed by atoms with Crippen LogP contribution in [-0.4, -0.2) is 42.6 Å². The zero-order valence-electron chi connectivity index (χ0n) is 11.0. The van der Waals surface area contributed by atoms with Gasteiger partial charge >= 0.3 is 0 Å². The Balaban J connectivity index is 2.28. The number of halogens is 1. The average Bonchev–Trinajstić information content (AvgIpc) is 2.88. The third kappa shape index (κ3) is 2.98. The topological polar surface area (TPSA) is 73.4 Å². The van der Waals surface area contributed by atoms with E-state index in [1.165, 1.54) is 4.68 Å². The van der Waals surface area contributed by atoms with Crippen LogP contribution < -0.4 is 16.2 Å². The van der Waals surface area contributed by atoms with E-state index in [2.05, 4.69) is 25.9 Å². The van der Waals surface area contributed by atoms with E-state index in [1.807, 2.05) is 0 Å². The summed E-state index contributed by atoms with van der Waals surface area (Å²) in [5.41, 5.74) is 6.48. The van der Waals surface area contributed by atoms with Crippen LogP contribution >= 0.6 is 15.9 Å². The van der Waals surface area contributed by atoms with E-state index < -0.39 is 0 Å². The summed E-state index contributed by atoms with van der Waals surface area (Å²) in [6.07, 6.45) is 3.89. The smallest absolute Gasteiger partial charge is 0.283 e. The summed E-state index contributed by atoms with van der Waals surface area (Å²) in [5.74, 6) is 0. The number of rotatable bonds is 5. The Morgan fingerprint density at radius 2 is 2.42 bits per heavy atom. The highest BCUT2D eigenvalue weighted by Gasteiger charge is 2.26. The van der Waals surface area contributed by atoms with Gasteiger partial charge in [-0.1, -0.05) is 0 Å². The van der Waals surface area contributed by atoms with Gasteiger partial charge in [0.15, 0.2) is 0 Å². The number of nitrogens with zero attached hydrogens (tertiary/aromatic N) is 3. The number of ether oxygens (including phenoxy) is 1. The lowest BCUT2D eigenvalue weighted by molar-refractivity contribution is 0.181. The SMILES string of the molecule is COCCn1ncc(N2CCCC2CN)c(Br)c1=O. The van der Waals surface area contributed by atoms with Crippen LogP contribution in [0.4, 0.5) is 5.69 Å². The molecule has 1 fully saturated rings. The van der Waals surface area contributed by atoms with Gasteiger partial charge in [0.1, 0.15) is 4.47 Å². The summed E-state index contributed by atoms with van der Waals surface area (Å²) in [5, 5.41) is 4.20. The molecule has 0 spiro atoms. The van der Waals surface area contributed by atoms with E-state index in [1.54, 1.807) is 13.3 Å². The Morgan fingerprint density at radius 1 is 1.63 bits per heavy atom. The maximum Gasteiger partial charge on any atom is 0.283 e. The van der Waals surface area contributed by atoms with Gasteiger partial charge in [-0.15, -0.1) is 0 Å². The van der Waals surface area contributed by atoms with Crippen LogP contribution in [0.3, 0.4) is 0 Å². The number of anilines is 1. The second-order valence-electron chi connectivity index (χ2n) is 4.59. The van der Waals surface area contributed by atoms with Crippen molar-refractivity contribution >= 4 is 21.6 Å². The second-order valence-corrected chi connectivity index (χ2v) is 5.38. The Labute approximate surface area is 120 Å². The molecule has 1 aliphatic heterocycles. The maximum absolute atomic E-state index is 12.2. The molecular weight excluding hydrogens is 312 g/mol. The molecule has 6 nitrogen and oxygen atoms in total. The molecule has 2 heterocycles. The van der Waals surface area contributed by atoms with Crippen molar-refractivity contribution in [1.82, 2.24) is 9.78 Å². The predicted molar refractivity (Wildman–Crippen MR) is 77.5 cm³/mol. The Kier molecular flexibility index (Phi) is 4.95. The highest BCUT2D eigenvalue weighted by molar-refractivity contribution is 9.10. The number of methoxy groups -OCH3 is 1. The molecule has 0 saturated carbocycles. The molecule has 1 aliphatic rings. The molecule has 0 aromatic carbocycles. The first-order chi connectivity index (χ1) is 9.19. The molecule has 2 rings (SSSR count). The van der Waals surface area contributed by atoms with Crippen LogP contribution in [0.15, 0.2) is 15.5 Å². The molecule has 0 radical (unpaired) electrons. The molecule has 1 aromatic heterocycles. The quantitative estimate of drug-likeness (QED) is 0.854. The third-order valence-electron chi connectivity index (χ3n) is 3.43. The van der Waals surface area contributed by atoms with Crippen LogP contribution in [0, 0.1) is 0 Å². The van der Waals surface area contributed by atoms with Gasteiger partial charge in [0.25, 0.3) is 5.56 Å². The maximum atomic E-state index is 12.2. The fourth-order valence-corrected chi connectivity index (χ4v) is 2.93. The number of aromatic nitrogens is 2. The lowest BCUT2D eigenvalue weighted by Gasteiger charge is -2.26. The Morgan fingerprint density at radius 3 is 3.11 bits per heavy atom. The summed E-state index contributed by atoms with van der Waals surface area (Å²) in [6.45, 7) is 2.44. The summed E-state index contributed by atoms with van der Waals surface area (Å²) >= 11 is 3.39. The Hall–Kier alpha value is -0.920. The van der Waals surface area contributed by atoms with E-state index in [9.17, 15) is 4.79 Å². The zero-order valence-corrected chi connectivity index (χ0v) is 12.6. The fourth-order valence-electron chi connectivity index (χ4n) is 2.39. The molecule has 1 aromatic rings. The van der Waals surface area contributed by atoms with Crippen LogP contribution in [0.1, 0.15) is 12.8 Å². The van der Waals surface area contributed by atoms with Crippen molar-refractivity contribution in [3.63, 3.8) is 0 Å². The van der Waals surface area contributed by atoms with E-state index in [0.29, 0.717) is 30.2 Å². The minimum absolute atomic E-state index is 0.128. The molecule has 106 valence electrons. The van der Waals surface area contributed by atoms with Crippen molar-refractivity contribution in [2.24, 2.45) is 5.73 Å². The van der Waals surface area contributed by atoms with Gasteiger partial charge in [0.2, 0.25) is 0 Å². The van der Waals surface area contributed by atoms with Gasteiger partial charge < -0.3 is 15.4 Å². The van der Waals surface area contributed by atoms with Crippen molar-refractivity contribution < 1.29 is 4.74 Å². The standard InChI is InChI=1S/C12H19BrN4O2/c1-19-6-5-17-12(18)11(13)10(8-15-17)16-4-2-3-9(16)7-14/h8-9H,2-7,14H2,1H3. The molecule has 7 heteroatoms. The average molecular weight is 331 g/mol. The molecule has 1 saturated heterocycles. The first-order valence-electron chi connectivity index (χ1n) is 6.40. The van der Waals surface area contributed by atoms with Gasteiger partial charge in [-0.25, -0.2) is 4.68 Å². The molecular formula is C12H19BrN4O2. The number of hydrogen-bond donors (Lipinski definition) is 1. The molecule has 0 bridgehead atoms. The molecule has 2 N–H and O–H groups in total. The second kappa shape index (κ2) is 6.49. The van der Waals surface area contributed by atoms with Crippen molar-refractivity contribution in [2.45, 2.75) is 25.4 Å². The van der Waals surface area contributed by atoms with Gasteiger partial charge in [0.05, 0.1) is 25.0 Å². The van der Waals surface area contributed by atoms with Gasteiger partial charge in [-0.3, -0.25) is 4.79 Å². The molecule has 1 unspecified atom stereocenters. The zero-order chi connectivity index (χ0) is 13.8. The van der Waals surface area contributed by atoms with Crippen molar-refractivity contribution in [2.75, 3.05) is 31.7 Å². The van der Waals surface area contributed by atoms with E-state index in [4.69, 9.17) is 10.5 Å². The van der Waals surface area contributed by atoms with Crippen LogP contribution in [0.25, 0.3) is 0 Å². The molecule has 0 aliphatic carbocycles. The molecule has 0 amide bonds. The third-order valence-corrected chi connectivity index (χ3v) is 4.18. The van der Waals surface area contributed by atoms with Gasteiger partial charge in [0, 0.05) is 26.2 Å². The number of nitrogens with two attached hydrogens (primary N) is 1. The van der Waals surface area contributed by atoms with E-state index in [0.717, 1.165) is 25.1 Å². The van der Waals surface area contributed by atoms with E-state index >= 15 is 0 Å². The highest BCUT2D eigenvalue weighted by Crippen LogP contribution is 2.28. The molecule has 1 atom stereocenters. The van der Waals surface area contributed by atoms with Crippen molar-refractivity contribution in [3.05, 3.63) is 21.0 Å². The minimum Gasteiger partial charge on any atom is -0.383 e. The summed E-state index contributed by atoms with van der Waals surface area (Å²) < 4.78 is 6.93. The summed E-state index contributed by atoms with van der Waals surface area (Å²) in [4.78, 5) is 14.4. The summed E-state index contributed by atoms with van der Waals surface area (Å²) in [7, 11) is 1.60. The number of hydrogen-bond acceptors (Lipinski definition) is 5. The largest absolute Gasteiger partial charge is 0.383 e. The van der Waals surface area contributed by atoms with E-state index in [-0.39, 0.29) is 5.56 Å². The summed E-state index contributed by atoms with van der Waals surface area (Å²) in [6, 6.07) is 0.298. The Bertz CT molecular complexity index is 491. The van der Waals surface area contributed by atoms with Crippen LogP contribution in [0.2, 0.25) is 0 Å². The monoisotopic (exact) mass is 330 g/mol. The van der Waals surface area contributed by atoms with Crippen LogP contribution in [0.5, 0.6) is 0 Å². The molecule has 19 heavy (non-hydrogen) atoms. The van der Waals surface area contributed by atoms with Crippen molar-refractivity contribution in [3.8, 4) is 0 Å².